The fourth-order valence-electron chi connectivity index (χ4n) is 4.37. The Morgan fingerprint density at radius 1 is 0.944 bits per heavy atom. The Morgan fingerprint density at radius 2 is 1.33 bits per heavy atom. The van der Waals surface area contributed by atoms with Crippen LogP contribution in [0.2, 0.25) is 50.7 Å². The molecule has 0 aromatic carbocycles. The fourth-order valence-corrected chi connectivity index (χ4v) is 17.3. The van der Waals surface area contributed by atoms with Gasteiger partial charge in [-0.05, 0) is 31.5 Å². The summed E-state index contributed by atoms with van der Waals surface area (Å²) < 4.78 is 0.479. The highest BCUT2D eigenvalue weighted by Gasteiger charge is 2.60. The smallest absolute Gasteiger partial charge is 0.256 e. The number of nitrogens with zero attached hydrogens (tertiary/aromatic N) is 1. The summed E-state index contributed by atoms with van der Waals surface area (Å²) in [6.07, 6.45) is 5.00. The minimum absolute atomic E-state index is 0.233. The largest absolute Gasteiger partial charge is 0.416 e. The van der Waals surface area contributed by atoms with E-state index in [1.807, 2.05) is 0 Å². The van der Waals surface area contributed by atoms with Gasteiger partial charge >= 0.3 is 0 Å². The van der Waals surface area contributed by atoms with E-state index in [2.05, 4.69) is 84.0 Å². The molecule has 0 fully saturated rings. The van der Waals surface area contributed by atoms with Crippen molar-refractivity contribution >= 4 is 23.0 Å². The van der Waals surface area contributed by atoms with Crippen LogP contribution in [-0.4, -0.2) is 33.3 Å². The normalized spacial score (nSPS) is 20.8. The van der Waals surface area contributed by atoms with E-state index >= 15 is 0 Å². The van der Waals surface area contributed by atoms with Crippen LogP contribution >= 0.6 is 0 Å². The molecular weight excluding hydrogens is 249 g/mol. The van der Waals surface area contributed by atoms with Crippen LogP contribution in [0.4, 0.5) is 0 Å². The van der Waals surface area contributed by atoms with Crippen LogP contribution in [0.25, 0.3) is 0 Å². The molecule has 0 unspecified atom stereocenters. The summed E-state index contributed by atoms with van der Waals surface area (Å²) in [5, 5.41) is 0. The Hall–Kier alpha value is 0.0387. The maximum absolute atomic E-state index is 2.60. The van der Waals surface area contributed by atoms with Crippen molar-refractivity contribution in [3.8, 4) is 0 Å². The Balaban J connectivity index is 3.33. The second-order valence-electron chi connectivity index (χ2n) is 8.94. The van der Waals surface area contributed by atoms with Gasteiger partial charge in [0.25, 0.3) is 6.85 Å². The molecule has 1 heterocycles. The van der Waals surface area contributed by atoms with E-state index in [-0.39, 0.29) is 5.54 Å². The highest BCUT2D eigenvalue weighted by atomic mass is 28.4. The van der Waals surface area contributed by atoms with Gasteiger partial charge in [-0.15, -0.1) is 0 Å². The predicted molar refractivity (Wildman–Crippen MR) is 91.7 cm³/mol. The van der Waals surface area contributed by atoms with Crippen LogP contribution in [0.3, 0.4) is 0 Å². The molecule has 0 bridgehead atoms. The maximum Gasteiger partial charge on any atom is 0.256 e. The summed E-state index contributed by atoms with van der Waals surface area (Å²) in [6, 6.07) is 0. The lowest BCUT2D eigenvalue weighted by Crippen LogP contribution is -2.63. The third-order valence-electron chi connectivity index (χ3n) is 4.83. The van der Waals surface area contributed by atoms with E-state index in [1.54, 1.807) is 0 Å². The van der Waals surface area contributed by atoms with Crippen LogP contribution in [0.1, 0.15) is 20.8 Å². The predicted octanol–water partition coefficient (Wildman–Crippen LogP) is 4.73. The van der Waals surface area contributed by atoms with Gasteiger partial charge in [-0.3, -0.25) is 0 Å². The summed E-state index contributed by atoms with van der Waals surface area (Å²) >= 11 is 0. The van der Waals surface area contributed by atoms with Crippen molar-refractivity contribution in [2.45, 2.75) is 77.0 Å². The summed E-state index contributed by atoms with van der Waals surface area (Å²) in [4.78, 5) is 2.60. The molecule has 18 heavy (non-hydrogen) atoms. The van der Waals surface area contributed by atoms with Gasteiger partial charge in [0.2, 0.25) is 0 Å². The Morgan fingerprint density at radius 3 is 1.50 bits per heavy atom. The highest BCUT2D eigenvalue weighted by molar-refractivity contribution is 7.11. The first-order valence-corrected chi connectivity index (χ1v) is 14.2. The van der Waals surface area contributed by atoms with Gasteiger partial charge in [-0.1, -0.05) is 52.2 Å². The molecule has 0 saturated carbocycles. The average Bonchev–Trinajstić information content (AvgIpc) is 2.39. The monoisotopic (exact) mass is 281 g/mol. The molecule has 1 aliphatic heterocycles. The molecule has 0 saturated heterocycles. The second-order valence-corrected chi connectivity index (χ2v) is 20.1. The summed E-state index contributed by atoms with van der Waals surface area (Å²) in [6.45, 7) is 25.4. The number of hydrogen-bond donors (Lipinski definition) is 0. The molecule has 0 N–H and O–H groups in total. The van der Waals surface area contributed by atoms with Crippen molar-refractivity contribution in [3.63, 3.8) is 0 Å². The maximum atomic E-state index is 2.60. The first kappa shape index (κ1) is 16.1. The molecule has 104 valence electrons. The molecule has 0 atom stereocenters. The summed E-state index contributed by atoms with van der Waals surface area (Å²) in [5.41, 5.74) is 0.233. The molecule has 0 radical (unpaired) electrons. The fraction of sp³-hybridized carbons (Fsp3) is 0.857. The van der Waals surface area contributed by atoms with Gasteiger partial charge in [0.15, 0.2) is 0 Å². The lowest BCUT2D eigenvalue weighted by atomic mass is 9.59. The van der Waals surface area contributed by atoms with Crippen molar-refractivity contribution in [1.82, 2.24) is 4.81 Å². The van der Waals surface area contributed by atoms with Crippen LogP contribution in [0.15, 0.2) is 12.3 Å². The average molecular weight is 281 g/mol. The molecule has 0 aromatic heterocycles. The first-order chi connectivity index (χ1) is 7.75. The molecule has 1 aliphatic rings. The van der Waals surface area contributed by atoms with E-state index in [0.717, 1.165) is 0 Å². The lowest BCUT2D eigenvalue weighted by molar-refractivity contribution is 0.327. The third kappa shape index (κ3) is 2.26. The second kappa shape index (κ2) is 4.27. The zero-order chi connectivity index (χ0) is 14.6. The zero-order valence-corrected chi connectivity index (χ0v) is 16.2. The Kier molecular flexibility index (Phi) is 3.82. The molecule has 1 nitrogen and oxygen atoms in total. The molecule has 4 heteroatoms. The minimum Gasteiger partial charge on any atom is -0.416 e. The molecule has 0 aromatic rings. The summed E-state index contributed by atoms with van der Waals surface area (Å²) in [5.74, 6) is 0. The van der Waals surface area contributed by atoms with Crippen molar-refractivity contribution in [1.29, 1.82) is 0 Å². The van der Waals surface area contributed by atoms with Crippen LogP contribution in [0.5, 0.6) is 0 Å². The number of rotatable bonds is 2. The third-order valence-corrected chi connectivity index (χ3v) is 15.5. The van der Waals surface area contributed by atoms with Crippen molar-refractivity contribution in [3.05, 3.63) is 12.3 Å². The van der Waals surface area contributed by atoms with Gasteiger partial charge < -0.3 is 4.81 Å². The number of hydrogen-bond acceptors (Lipinski definition) is 1. The molecular formula is C14H32BNSi2. The van der Waals surface area contributed by atoms with E-state index < -0.39 is 16.1 Å². The topological polar surface area (TPSA) is 3.24 Å². The van der Waals surface area contributed by atoms with Gasteiger partial charge in [0, 0.05) is 21.7 Å². The summed E-state index contributed by atoms with van der Waals surface area (Å²) in [7, 11) is -2.52. The Labute approximate surface area is 117 Å². The van der Waals surface area contributed by atoms with Crippen molar-refractivity contribution in [2.75, 3.05) is 0 Å². The van der Waals surface area contributed by atoms with E-state index in [4.69, 9.17) is 0 Å². The van der Waals surface area contributed by atoms with Gasteiger partial charge in [0.1, 0.15) is 0 Å². The lowest BCUT2D eigenvalue weighted by Gasteiger charge is -2.53. The quantitative estimate of drug-likeness (QED) is 0.661. The van der Waals surface area contributed by atoms with Crippen LogP contribution in [-0.2, 0) is 0 Å². The standard InChI is InChI=1S/C14H32BNSi2/c1-13(2,3)16-12-11-14(15(16)4,17(5,6)7)18(8,9)10/h11-12H,1-10H3. The van der Waals surface area contributed by atoms with E-state index in [0.29, 0.717) is 11.4 Å². The van der Waals surface area contributed by atoms with E-state index in [9.17, 15) is 0 Å². The van der Waals surface area contributed by atoms with E-state index in [1.165, 1.54) is 0 Å². The van der Waals surface area contributed by atoms with Gasteiger partial charge in [0.05, 0.1) is 0 Å². The van der Waals surface area contributed by atoms with Gasteiger partial charge in [-0.2, -0.15) is 0 Å². The molecule has 0 amide bonds. The van der Waals surface area contributed by atoms with Gasteiger partial charge in [-0.25, -0.2) is 0 Å². The van der Waals surface area contributed by atoms with Crippen molar-refractivity contribution in [2.24, 2.45) is 0 Å². The van der Waals surface area contributed by atoms with Crippen LogP contribution in [0, 0.1) is 0 Å². The zero-order valence-electron chi connectivity index (χ0n) is 14.2. The SMILES string of the molecule is CB1N(C(C)(C)C)C=CC1([Si](C)(C)C)[Si](C)(C)C. The van der Waals surface area contributed by atoms with Crippen LogP contribution < -0.4 is 0 Å². The molecule has 0 aliphatic carbocycles. The highest BCUT2D eigenvalue weighted by Crippen LogP contribution is 2.54. The molecule has 1 rings (SSSR count). The Bertz CT molecular complexity index is 330. The first-order valence-electron chi connectivity index (χ1n) is 7.23. The van der Waals surface area contributed by atoms with Crippen molar-refractivity contribution < 1.29 is 0 Å². The molecule has 0 spiro atoms. The number of allylic oxidation sites excluding steroid dienone is 1. The minimum atomic E-state index is -1.26.